The number of hydrogen-bond donors (Lipinski definition) is 4. The third-order valence-electron chi connectivity index (χ3n) is 6.22. The molecule has 2 aromatic rings. The predicted molar refractivity (Wildman–Crippen MR) is 177 cm³/mol. The largest absolute Gasteiger partial charge is 0.317 e. The van der Waals surface area contributed by atoms with Crippen LogP contribution in [0.1, 0.15) is 75.3 Å². The van der Waals surface area contributed by atoms with Gasteiger partial charge >= 0.3 is 0 Å². The number of unbranched alkanes of at least 4 members (excludes halogenated alkanes) is 7. The van der Waals surface area contributed by atoms with Crippen molar-refractivity contribution >= 4 is 49.6 Å². The van der Waals surface area contributed by atoms with Crippen molar-refractivity contribution in [3.05, 3.63) is 71.8 Å². The number of benzene rings is 2. The summed E-state index contributed by atoms with van der Waals surface area (Å²) in [4.78, 5) is 0. The summed E-state index contributed by atoms with van der Waals surface area (Å²) in [7, 11) is 0. The maximum absolute atomic E-state index is 3.61. The van der Waals surface area contributed by atoms with E-state index in [1.54, 1.807) is 0 Å². The van der Waals surface area contributed by atoms with Crippen molar-refractivity contribution in [1.29, 1.82) is 0 Å². The first-order valence-electron chi connectivity index (χ1n) is 13.9. The third kappa shape index (κ3) is 25.7. The molecule has 0 atom stereocenters. The Balaban J connectivity index is -0.00000306. The average molecular weight is 613 g/mol. The van der Waals surface area contributed by atoms with Crippen LogP contribution in [0.5, 0.6) is 0 Å². The molecule has 38 heavy (non-hydrogen) atoms. The molecule has 4 N–H and O–H groups in total. The zero-order valence-electron chi connectivity index (χ0n) is 23.1. The van der Waals surface area contributed by atoms with Crippen LogP contribution in [-0.2, 0) is 13.1 Å². The van der Waals surface area contributed by atoms with E-state index in [-0.39, 0.29) is 49.6 Å². The molecule has 0 heterocycles. The molecule has 2 aromatic carbocycles. The summed E-state index contributed by atoms with van der Waals surface area (Å²) < 4.78 is 0. The molecule has 0 unspecified atom stereocenters. The van der Waals surface area contributed by atoms with E-state index in [4.69, 9.17) is 0 Å². The summed E-state index contributed by atoms with van der Waals surface area (Å²) in [6.45, 7) is 8.91. The highest BCUT2D eigenvalue weighted by Gasteiger charge is 1.95. The molecule has 0 aliphatic carbocycles. The van der Waals surface area contributed by atoms with Crippen LogP contribution in [0.25, 0.3) is 0 Å². The molecule has 0 aliphatic rings. The molecular formula is C30H54Cl4N4. The normalized spacial score (nSPS) is 10.0. The van der Waals surface area contributed by atoms with Gasteiger partial charge in [-0.3, -0.25) is 0 Å². The minimum Gasteiger partial charge on any atom is -0.317 e. The fourth-order valence-electron chi connectivity index (χ4n) is 4.11. The second kappa shape index (κ2) is 32.7. The van der Waals surface area contributed by atoms with Gasteiger partial charge in [0.2, 0.25) is 0 Å². The third-order valence-corrected chi connectivity index (χ3v) is 6.22. The first kappa shape index (κ1) is 41.9. The van der Waals surface area contributed by atoms with Crippen LogP contribution in [0, 0.1) is 0 Å². The molecule has 0 saturated heterocycles. The van der Waals surface area contributed by atoms with Crippen molar-refractivity contribution in [3.63, 3.8) is 0 Å². The van der Waals surface area contributed by atoms with Gasteiger partial charge in [-0.15, -0.1) is 49.6 Å². The molecule has 0 bridgehead atoms. The Bertz CT molecular complexity index is 621. The lowest BCUT2D eigenvalue weighted by molar-refractivity contribution is 0.532. The highest BCUT2D eigenvalue weighted by atomic mass is 35.5. The molecule has 222 valence electrons. The lowest BCUT2D eigenvalue weighted by Gasteiger charge is -2.07. The number of halogens is 4. The first-order valence-corrected chi connectivity index (χ1v) is 13.9. The van der Waals surface area contributed by atoms with Gasteiger partial charge in [-0.2, -0.15) is 0 Å². The lowest BCUT2D eigenvalue weighted by Crippen LogP contribution is -2.19. The van der Waals surface area contributed by atoms with Crippen molar-refractivity contribution in [2.75, 3.05) is 39.3 Å². The second-order valence-electron chi connectivity index (χ2n) is 9.36. The van der Waals surface area contributed by atoms with E-state index in [0.29, 0.717) is 0 Å². The Morgan fingerprint density at radius 3 is 0.895 bits per heavy atom. The van der Waals surface area contributed by atoms with Crippen LogP contribution < -0.4 is 21.3 Å². The molecule has 0 fully saturated rings. The van der Waals surface area contributed by atoms with Crippen molar-refractivity contribution in [2.45, 2.75) is 77.3 Å². The standard InChI is InChI=1S/C30H50N4.4ClH/c1(11-21-31-23-13-5-15-25-33-27-29-17-7-3-8-18-29)2-12-22-32-24-14-6-16-26-34-28-30-19-9-4-10-20-30;;;;/h3-4,7-10,17-20,31-34H,1-2,5-6,11-16,21-28H2;4*1H. The van der Waals surface area contributed by atoms with Crippen LogP contribution in [0.4, 0.5) is 0 Å². The predicted octanol–water partition coefficient (Wildman–Crippen LogP) is 7.33. The minimum absolute atomic E-state index is 0. The van der Waals surface area contributed by atoms with Crippen molar-refractivity contribution in [1.82, 2.24) is 21.3 Å². The summed E-state index contributed by atoms with van der Waals surface area (Å²) in [5.74, 6) is 0. The number of hydrogen-bond acceptors (Lipinski definition) is 4. The highest BCUT2D eigenvalue weighted by Crippen LogP contribution is 2.01. The molecule has 0 aromatic heterocycles. The van der Waals surface area contributed by atoms with Gasteiger partial charge in [0, 0.05) is 13.1 Å². The van der Waals surface area contributed by atoms with Crippen molar-refractivity contribution in [3.8, 4) is 0 Å². The second-order valence-corrected chi connectivity index (χ2v) is 9.36. The van der Waals surface area contributed by atoms with Gasteiger partial charge < -0.3 is 21.3 Å². The van der Waals surface area contributed by atoms with E-state index in [1.807, 2.05) is 0 Å². The Morgan fingerprint density at radius 2 is 0.579 bits per heavy atom. The molecule has 0 spiro atoms. The van der Waals surface area contributed by atoms with Crippen LogP contribution in [0.3, 0.4) is 0 Å². The summed E-state index contributed by atoms with van der Waals surface area (Å²) in [5, 5.41) is 14.3. The van der Waals surface area contributed by atoms with E-state index in [9.17, 15) is 0 Å². The van der Waals surface area contributed by atoms with E-state index in [1.165, 1.54) is 102 Å². The van der Waals surface area contributed by atoms with Crippen molar-refractivity contribution in [2.24, 2.45) is 0 Å². The molecule has 0 amide bonds. The highest BCUT2D eigenvalue weighted by molar-refractivity contribution is 5.86. The summed E-state index contributed by atoms with van der Waals surface area (Å²) in [5.41, 5.74) is 2.75. The Morgan fingerprint density at radius 1 is 0.316 bits per heavy atom. The number of nitrogens with one attached hydrogen (secondary N) is 4. The SMILES string of the molecule is Cl.Cl.Cl.Cl.c1ccc(CNCCCCCNCCCCCCNCCCCCNCc2ccccc2)cc1. The summed E-state index contributed by atoms with van der Waals surface area (Å²) in [6.07, 6.45) is 13.1. The van der Waals surface area contributed by atoms with E-state index < -0.39 is 0 Å². The van der Waals surface area contributed by atoms with E-state index in [2.05, 4.69) is 81.9 Å². The van der Waals surface area contributed by atoms with Crippen LogP contribution in [0.2, 0.25) is 0 Å². The van der Waals surface area contributed by atoms with Gasteiger partial charge in [0.15, 0.2) is 0 Å². The van der Waals surface area contributed by atoms with Crippen molar-refractivity contribution < 1.29 is 0 Å². The van der Waals surface area contributed by atoms with Crippen LogP contribution in [-0.4, -0.2) is 39.3 Å². The molecule has 4 nitrogen and oxygen atoms in total. The van der Waals surface area contributed by atoms with E-state index in [0.717, 1.165) is 26.2 Å². The molecule has 0 aliphatic heterocycles. The summed E-state index contributed by atoms with van der Waals surface area (Å²) in [6, 6.07) is 21.3. The Kier molecular flexibility index (Phi) is 36.0. The Labute approximate surface area is 258 Å². The van der Waals surface area contributed by atoms with Gasteiger partial charge in [0.05, 0.1) is 0 Å². The van der Waals surface area contributed by atoms with Gasteiger partial charge in [-0.05, 0) is 88.9 Å². The fourth-order valence-corrected chi connectivity index (χ4v) is 4.11. The molecule has 8 heteroatoms. The molecule has 0 saturated carbocycles. The maximum Gasteiger partial charge on any atom is 0.0205 e. The minimum atomic E-state index is 0. The monoisotopic (exact) mass is 610 g/mol. The lowest BCUT2D eigenvalue weighted by atomic mass is 10.2. The molecule has 0 radical (unpaired) electrons. The maximum atomic E-state index is 3.61. The average Bonchev–Trinajstić information content (AvgIpc) is 2.88. The quantitative estimate of drug-likeness (QED) is 0.0993. The summed E-state index contributed by atoms with van der Waals surface area (Å²) >= 11 is 0. The fraction of sp³-hybridized carbons (Fsp3) is 0.600. The topological polar surface area (TPSA) is 48.1 Å². The van der Waals surface area contributed by atoms with Gasteiger partial charge in [-0.1, -0.05) is 86.3 Å². The molecular weight excluding hydrogens is 558 g/mol. The van der Waals surface area contributed by atoms with E-state index >= 15 is 0 Å². The van der Waals surface area contributed by atoms with Gasteiger partial charge in [0.1, 0.15) is 0 Å². The van der Waals surface area contributed by atoms with Crippen LogP contribution >= 0.6 is 49.6 Å². The van der Waals surface area contributed by atoms with Gasteiger partial charge in [0.25, 0.3) is 0 Å². The Hall–Kier alpha value is -0.560. The zero-order chi connectivity index (χ0) is 23.8. The molecule has 2 rings (SSSR count). The van der Waals surface area contributed by atoms with Gasteiger partial charge in [-0.25, -0.2) is 0 Å². The van der Waals surface area contributed by atoms with Crippen LogP contribution in [0.15, 0.2) is 60.7 Å². The zero-order valence-corrected chi connectivity index (χ0v) is 26.4. The number of rotatable bonds is 23. The first-order chi connectivity index (χ1) is 16.9. The smallest absolute Gasteiger partial charge is 0.0205 e.